The summed E-state index contributed by atoms with van der Waals surface area (Å²) in [6, 6.07) is 0. The Hall–Kier alpha value is 0.580. The third kappa shape index (κ3) is 4.84. The maximum Gasteiger partial charge on any atom is 0.0594 e. The summed E-state index contributed by atoms with van der Waals surface area (Å²) in [5, 5.41) is 4.42. The van der Waals surface area contributed by atoms with E-state index < -0.39 is 0 Å². The lowest BCUT2D eigenvalue weighted by molar-refractivity contribution is 0.0385. The molecule has 0 radical (unpaired) electrons. The second kappa shape index (κ2) is 7.82. The summed E-state index contributed by atoms with van der Waals surface area (Å²) in [5.41, 5.74) is 0. The van der Waals surface area contributed by atoms with Gasteiger partial charge in [0.1, 0.15) is 0 Å². The average Bonchev–Trinajstić information content (AvgIpc) is 2.37. The predicted octanol–water partition coefficient (Wildman–Crippen LogP) is 0.757. The maximum atomic E-state index is 5.33. The normalized spacial score (nSPS) is 28.1. The van der Waals surface area contributed by atoms with Gasteiger partial charge in [0.15, 0.2) is 0 Å². The molecule has 0 aromatic rings. The fourth-order valence-corrected chi connectivity index (χ4v) is 4.63. The van der Waals surface area contributed by atoms with Crippen molar-refractivity contribution in [1.29, 1.82) is 0 Å². The number of nitrogens with one attached hydrogen (secondary N) is 1. The second-order valence-corrected chi connectivity index (χ2v) is 6.78. The van der Waals surface area contributed by atoms with Gasteiger partial charge in [-0.1, -0.05) is 0 Å². The van der Waals surface area contributed by atoms with E-state index in [1.54, 1.807) is 0 Å². The summed E-state index contributed by atoms with van der Waals surface area (Å²) in [6.07, 6.45) is 0. The van der Waals surface area contributed by atoms with E-state index in [0.29, 0.717) is 0 Å². The van der Waals surface area contributed by atoms with Crippen LogP contribution in [-0.2, 0) is 4.74 Å². The molecule has 1 N–H and O–H groups in total. The minimum atomic E-state index is 0.837. The van der Waals surface area contributed by atoms with E-state index in [0.717, 1.165) is 38.1 Å². The zero-order chi connectivity index (χ0) is 11.1. The molecule has 1 atom stereocenters. The molecular weight excluding hydrogens is 240 g/mol. The number of ether oxygens (including phenoxy) is 1. The third-order valence-corrected chi connectivity index (χ3v) is 5.81. The van der Waals surface area contributed by atoms with Gasteiger partial charge in [-0.3, -0.25) is 4.90 Å². The van der Waals surface area contributed by atoms with Gasteiger partial charge in [0, 0.05) is 55.2 Å². The largest absolute Gasteiger partial charge is 0.379 e. The van der Waals surface area contributed by atoms with Gasteiger partial charge >= 0.3 is 0 Å². The second-order valence-electron chi connectivity index (χ2n) is 4.23. The Morgan fingerprint density at radius 3 is 2.88 bits per heavy atom. The highest BCUT2D eigenvalue weighted by Crippen LogP contribution is 2.23. The molecule has 94 valence electrons. The number of rotatable bonds is 5. The Kier molecular flexibility index (Phi) is 6.36. The van der Waals surface area contributed by atoms with Gasteiger partial charge in [-0.15, -0.1) is 0 Å². The minimum Gasteiger partial charge on any atom is -0.379 e. The molecule has 0 bridgehead atoms. The van der Waals surface area contributed by atoms with E-state index in [-0.39, 0.29) is 0 Å². The van der Waals surface area contributed by atoms with E-state index in [1.165, 1.54) is 30.3 Å². The van der Waals surface area contributed by atoms with Crippen LogP contribution in [0.5, 0.6) is 0 Å². The van der Waals surface area contributed by atoms with Crippen molar-refractivity contribution in [3.8, 4) is 0 Å². The van der Waals surface area contributed by atoms with Crippen LogP contribution in [-0.4, -0.2) is 73.3 Å². The highest BCUT2D eigenvalue weighted by atomic mass is 32.2. The molecule has 2 aliphatic rings. The number of hydrogen-bond donors (Lipinski definition) is 1. The Morgan fingerprint density at radius 1 is 1.25 bits per heavy atom. The van der Waals surface area contributed by atoms with E-state index >= 15 is 0 Å². The van der Waals surface area contributed by atoms with Crippen LogP contribution in [0.25, 0.3) is 0 Å². The fraction of sp³-hybridized carbons (Fsp3) is 1.00. The van der Waals surface area contributed by atoms with Gasteiger partial charge in [0.25, 0.3) is 0 Å². The first kappa shape index (κ1) is 13.0. The van der Waals surface area contributed by atoms with Crippen molar-refractivity contribution in [2.24, 2.45) is 0 Å². The van der Waals surface area contributed by atoms with Gasteiger partial charge in [0.2, 0.25) is 0 Å². The molecule has 0 spiro atoms. The molecular formula is C11H22N2OS2. The van der Waals surface area contributed by atoms with Crippen molar-refractivity contribution in [3.63, 3.8) is 0 Å². The molecule has 0 aromatic heterocycles. The van der Waals surface area contributed by atoms with Crippen molar-refractivity contribution in [2.45, 2.75) is 5.25 Å². The van der Waals surface area contributed by atoms with Crippen LogP contribution in [0.3, 0.4) is 0 Å². The zero-order valence-corrected chi connectivity index (χ0v) is 11.5. The molecule has 0 saturated carbocycles. The first-order valence-electron chi connectivity index (χ1n) is 6.15. The van der Waals surface area contributed by atoms with Crippen molar-refractivity contribution in [2.75, 3.05) is 63.2 Å². The highest BCUT2D eigenvalue weighted by molar-refractivity contribution is 8.06. The molecule has 2 saturated heterocycles. The fourth-order valence-electron chi connectivity index (χ4n) is 1.98. The van der Waals surface area contributed by atoms with E-state index in [2.05, 4.69) is 33.7 Å². The molecule has 0 amide bonds. The van der Waals surface area contributed by atoms with E-state index in [9.17, 15) is 0 Å². The van der Waals surface area contributed by atoms with Crippen LogP contribution in [0.15, 0.2) is 0 Å². The van der Waals surface area contributed by atoms with Gasteiger partial charge < -0.3 is 10.1 Å². The number of nitrogens with zero attached hydrogens (tertiary/aromatic N) is 1. The number of morpholine rings is 1. The van der Waals surface area contributed by atoms with Gasteiger partial charge in [-0.25, -0.2) is 0 Å². The quantitative estimate of drug-likeness (QED) is 0.738. The first-order chi connectivity index (χ1) is 7.95. The molecule has 2 rings (SSSR count). The lowest BCUT2D eigenvalue weighted by Gasteiger charge is -2.27. The predicted molar refractivity (Wildman–Crippen MR) is 73.7 cm³/mol. The Labute approximate surface area is 107 Å². The minimum absolute atomic E-state index is 0.837. The molecule has 0 aromatic carbocycles. The van der Waals surface area contributed by atoms with Gasteiger partial charge in [-0.05, 0) is 0 Å². The molecule has 16 heavy (non-hydrogen) atoms. The number of hydrogen-bond acceptors (Lipinski definition) is 5. The smallest absolute Gasteiger partial charge is 0.0594 e. The Morgan fingerprint density at radius 2 is 2.12 bits per heavy atom. The van der Waals surface area contributed by atoms with Gasteiger partial charge in [-0.2, -0.15) is 23.5 Å². The summed E-state index contributed by atoms with van der Waals surface area (Å²) in [4.78, 5) is 2.49. The summed E-state index contributed by atoms with van der Waals surface area (Å²) < 4.78 is 5.33. The highest BCUT2D eigenvalue weighted by Gasteiger charge is 2.14. The molecule has 1 unspecified atom stereocenters. The molecule has 2 heterocycles. The van der Waals surface area contributed by atoms with E-state index in [4.69, 9.17) is 4.74 Å². The Balaban J connectivity index is 1.47. The topological polar surface area (TPSA) is 24.5 Å². The molecule has 3 nitrogen and oxygen atoms in total. The van der Waals surface area contributed by atoms with Crippen LogP contribution in [0, 0.1) is 0 Å². The van der Waals surface area contributed by atoms with Crippen molar-refractivity contribution < 1.29 is 4.74 Å². The van der Waals surface area contributed by atoms with Gasteiger partial charge in [0.05, 0.1) is 13.2 Å². The molecule has 5 heteroatoms. The summed E-state index contributed by atoms with van der Waals surface area (Å²) in [5.74, 6) is 4.00. The summed E-state index contributed by atoms with van der Waals surface area (Å²) in [6.45, 7) is 7.52. The maximum absolute atomic E-state index is 5.33. The van der Waals surface area contributed by atoms with E-state index in [1.807, 2.05) is 0 Å². The number of thioether (sulfide) groups is 2. The van der Waals surface area contributed by atoms with Crippen LogP contribution in [0.2, 0.25) is 0 Å². The average molecular weight is 262 g/mol. The Bertz CT molecular complexity index is 163. The lowest BCUT2D eigenvalue weighted by Crippen LogP contribution is -2.41. The lowest BCUT2D eigenvalue weighted by atomic mass is 10.4. The standard InChI is InChI=1S/C11H22N2OS2/c1(2-13-3-5-14-6-4-13)12-9-11-10-15-7-8-16-11/h11-12H,1-10H2. The SMILES string of the molecule is C(CN1CCOCC1)NCC1CSCCS1. The zero-order valence-electron chi connectivity index (χ0n) is 9.82. The molecule has 2 aliphatic heterocycles. The third-order valence-electron chi connectivity index (χ3n) is 2.97. The monoisotopic (exact) mass is 262 g/mol. The summed E-state index contributed by atoms with van der Waals surface area (Å²) >= 11 is 4.23. The summed E-state index contributed by atoms with van der Waals surface area (Å²) in [7, 11) is 0. The van der Waals surface area contributed by atoms with Crippen LogP contribution < -0.4 is 5.32 Å². The first-order valence-corrected chi connectivity index (χ1v) is 8.35. The van der Waals surface area contributed by atoms with Crippen LogP contribution >= 0.6 is 23.5 Å². The van der Waals surface area contributed by atoms with Crippen molar-refractivity contribution >= 4 is 23.5 Å². The van der Waals surface area contributed by atoms with Crippen LogP contribution in [0.4, 0.5) is 0 Å². The molecule has 0 aliphatic carbocycles. The molecule has 2 fully saturated rings. The van der Waals surface area contributed by atoms with Crippen molar-refractivity contribution in [1.82, 2.24) is 10.2 Å². The van der Waals surface area contributed by atoms with Crippen molar-refractivity contribution in [3.05, 3.63) is 0 Å². The van der Waals surface area contributed by atoms with Crippen LogP contribution in [0.1, 0.15) is 0 Å².